The molecule has 1 heterocycles. The first-order chi connectivity index (χ1) is 9.56. The molecule has 5 heteroatoms. The lowest BCUT2D eigenvalue weighted by molar-refractivity contribution is 0.407. The van der Waals surface area contributed by atoms with E-state index in [1.54, 1.807) is 13.2 Å². The van der Waals surface area contributed by atoms with Crippen molar-refractivity contribution in [3.05, 3.63) is 57.5 Å². The molecule has 1 aromatic heterocycles. The molecular formula is C15H19N3O2. The molecule has 1 unspecified atom stereocenters. The molecule has 0 spiro atoms. The highest BCUT2D eigenvalue weighted by Gasteiger charge is 2.16. The van der Waals surface area contributed by atoms with Gasteiger partial charge in [-0.25, -0.2) is 4.68 Å². The minimum Gasteiger partial charge on any atom is -0.496 e. The predicted octanol–water partition coefficient (Wildman–Crippen LogP) is 1.63. The zero-order valence-corrected chi connectivity index (χ0v) is 12.0. The van der Waals surface area contributed by atoms with E-state index in [4.69, 9.17) is 10.5 Å². The van der Waals surface area contributed by atoms with Gasteiger partial charge in [-0.2, -0.15) is 5.10 Å². The van der Waals surface area contributed by atoms with Crippen molar-refractivity contribution in [3.63, 3.8) is 0 Å². The third-order valence-corrected chi connectivity index (χ3v) is 3.23. The van der Waals surface area contributed by atoms with Crippen LogP contribution < -0.4 is 16.0 Å². The van der Waals surface area contributed by atoms with Crippen molar-refractivity contribution in [2.45, 2.75) is 26.4 Å². The fraction of sp³-hybridized carbons (Fsp3) is 0.333. The molecule has 0 fully saturated rings. The molecule has 0 saturated carbocycles. The summed E-state index contributed by atoms with van der Waals surface area (Å²) in [6.45, 7) is 4.39. The largest absolute Gasteiger partial charge is 0.496 e. The van der Waals surface area contributed by atoms with Crippen molar-refractivity contribution >= 4 is 0 Å². The van der Waals surface area contributed by atoms with Crippen LogP contribution in [-0.2, 0) is 6.54 Å². The maximum absolute atomic E-state index is 11.6. The highest BCUT2D eigenvalue weighted by Crippen LogP contribution is 2.27. The van der Waals surface area contributed by atoms with E-state index >= 15 is 0 Å². The molecule has 2 rings (SSSR count). The van der Waals surface area contributed by atoms with Crippen molar-refractivity contribution in [3.8, 4) is 5.75 Å². The topological polar surface area (TPSA) is 70.1 Å². The first kappa shape index (κ1) is 14.3. The van der Waals surface area contributed by atoms with Crippen molar-refractivity contribution < 1.29 is 4.74 Å². The molecule has 5 nitrogen and oxygen atoms in total. The van der Waals surface area contributed by atoms with Gasteiger partial charge in [0, 0.05) is 18.2 Å². The maximum Gasteiger partial charge on any atom is 0.266 e. The molecule has 0 radical (unpaired) electrons. The van der Waals surface area contributed by atoms with E-state index in [-0.39, 0.29) is 5.56 Å². The second-order valence-corrected chi connectivity index (χ2v) is 4.64. The molecule has 106 valence electrons. The Morgan fingerprint density at radius 2 is 2.10 bits per heavy atom. The Balaban J connectivity index is 2.48. The Morgan fingerprint density at radius 1 is 1.35 bits per heavy atom. The summed E-state index contributed by atoms with van der Waals surface area (Å²) in [6.07, 6.45) is 0. The minimum absolute atomic E-state index is 0.125. The van der Waals surface area contributed by atoms with Gasteiger partial charge in [0.15, 0.2) is 0 Å². The van der Waals surface area contributed by atoms with Crippen molar-refractivity contribution in [1.82, 2.24) is 9.78 Å². The van der Waals surface area contributed by atoms with Gasteiger partial charge in [-0.1, -0.05) is 17.7 Å². The normalized spacial score (nSPS) is 12.2. The standard InChI is InChI=1S/C15H19N3O2/c1-4-18-14(19)8-6-12(17-18)15(16)11-9-10(2)5-7-13(11)20-3/h5-9,15H,4,16H2,1-3H3. The van der Waals surface area contributed by atoms with Gasteiger partial charge in [0.1, 0.15) is 5.75 Å². The van der Waals surface area contributed by atoms with E-state index in [9.17, 15) is 4.79 Å². The van der Waals surface area contributed by atoms with Crippen LogP contribution in [0.4, 0.5) is 0 Å². The summed E-state index contributed by atoms with van der Waals surface area (Å²) in [7, 11) is 1.61. The maximum atomic E-state index is 11.6. The second kappa shape index (κ2) is 5.88. The molecule has 0 aliphatic rings. The molecule has 0 aliphatic carbocycles. The van der Waals surface area contributed by atoms with Crippen LogP contribution in [0.5, 0.6) is 5.75 Å². The first-order valence-corrected chi connectivity index (χ1v) is 6.55. The van der Waals surface area contributed by atoms with E-state index in [1.165, 1.54) is 10.7 Å². The van der Waals surface area contributed by atoms with Crippen LogP contribution in [0.15, 0.2) is 35.1 Å². The second-order valence-electron chi connectivity index (χ2n) is 4.64. The lowest BCUT2D eigenvalue weighted by atomic mass is 10.0. The first-order valence-electron chi connectivity index (χ1n) is 6.55. The van der Waals surface area contributed by atoms with E-state index < -0.39 is 6.04 Å². The summed E-state index contributed by atoms with van der Waals surface area (Å²) in [4.78, 5) is 11.6. The smallest absolute Gasteiger partial charge is 0.266 e. The average Bonchev–Trinajstić information content (AvgIpc) is 2.47. The Hall–Kier alpha value is -2.14. The summed E-state index contributed by atoms with van der Waals surface area (Å²) in [5.74, 6) is 0.721. The number of ether oxygens (including phenoxy) is 1. The number of benzene rings is 1. The van der Waals surface area contributed by atoms with E-state index in [0.29, 0.717) is 12.2 Å². The van der Waals surface area contributed by atoms with E-state index in [1.807, 2.05) is 32.0 Å². The van der Waals surface area contributed by atoms with Crippen LogP contribution in [0.25, 0.3) is 0 Å². The molecule has 1 atom stereocenters. The Morgan fingerprint density at radius 3 is 2.75 bits per heavy atom. The SMILES string of the molecule is CCn1nc(C(N)c2cc(C)ccc2OC)ccc1=O. The molecular weight excluding hydrogens is 254 g/mol. The number of hydrogen-bond acceptors (Lipinski definition) is 4. The van der Waals surface area contributed by atoms with Gasteiger partial charge in [0.05, 0.1) is 18.8 Å². The number of rotatable bonds is 4. The van der Waals surface area contributed by atoms with Gasteiger partial charge in [-0.15, -0.1) is 0 Å². The molecule has 0 bridgehead atoms. The lowest BCUT2D eigenvalue weighted by Gasteiger charge is -2.16. The molecule has 2 N–H and O–H groups in total. The minimum atomic E-state index is -0.428. The van der Waals surface area contributed by atoms with E-state index in [0.717, 1.165) is 16.9 Å². The summed E-state index contributed by atoms with van der Waals surface area (Å²) in [5.41, 5.74) is 8.76. The van der Waals surface area contributed by atoms with Crippen LogP contribution in [-0.4, -0.2) is 16.9 Å². The molecule has 2 aromatic rings. The molecule has 0 amide bonds. The van der Waals surface area contributed by atoms with Crippen molar-refractivity contribution in [1.29, 1.82) is 0 Å². The monoisotopic (exact) mass is 273 g/mol. The number of hydrogen-bond donors (Lipinski definition) is 1. The fourth-order valence-electron chi connectivity index (χ4n) is 2.11. The molecule has 20 heavy (non-hydrogen) atoms. The zero-order chi connectivity index (χ0) is 14.7. The summed E-state index contributed by atoms with van der Waals surface area (Å²) < 4.78 is 6.75. The number of aryl methyl sites for hydroxylation is 2. The fourth-order valence-corrected chi connectivity index (χ4v) is 2.11. The van der Waals surface area contributed by atoms with Gasteiger partial charge >= 0.3 is 0 Å². The third kappa shape index (κ3) is 2.72. The van der Waals surface area contributed by atoms with Crippen LogP contribution in [0, 0.1) is 6.92 Å². The highest BCUT2D eigenvalue weighted by molar-refractivity contribution is 5.42. The van der Waals surface area contributed by atoms with Gasteiger partial charge in [0.25, 0.3) is 5.56 Å². The van der Waals surface area contributed by atoms with E-state index in [2.05, 4.69) is 5.10 Å². The zero-order valence-electron chi connectivity index (χ0n) is 12.0. The molecule has 0 aliphatic heterocycles. The number of nitrogens with two attached hydrogens (primary N) is 1. The van der Waals surface area contributed by atoms with Crippen LogP contribution >= 0.6 is 0 Å². The van der Waals surface area contributed by atoms with Crippen molar-refractivity contribution in [2.75, 3.05) is 7.11 Å². The summed E-state index contributed by atoms with van der Waals surface area (Å²) in [5, 5.41) is 4.30. The third-order valence-electron chi connectivity index (χ3n) is 3.23. The summed E-state index contributed by atoms with van der Waals surface area (Å²) in [6, 6.07) is 8.57. The molecule has 1 aromatic carbocycles. The molecule has 0 saturated heterocycles. The Kier molecular flexibility index (Phi) is 4.20. The number of nitrogens with zero attached hydrogens (tertiary/aromatic N) is 2. The summed E-state index contributed by atoms with van der Waals surface area (Å²) >= 11 is 0. The van der Waals surface area contributed by atoms with Gasteiger partial charge in [0.2, 0.25) is 0 Å². The van der Waals surface area contributed by atoms with Gasteiger partial charge < -0.3 is 10.5 Å². The Labute approximate surface area is 118 Å². The quantitative estimate of drug-likeness (QED) is 0.919. The Bertz CT molecular complexity index is 664. The van der Waals surface area contributed by atoms with Crippen LogP contribution in [0.2, 0.25) is 0 Å². The lowest BCUT2D eigenvalue weighted by Crippen LogP contribution is -2.25. The highest BCUT2D eigenvalue weighted by atomic mass is 16.5. The predicted molar refractivity (Wildman–Crippen MR) is 77.9 cm³/mol. The average molecular weight is 273 g/mol. The van der Waals surface area contributed by atoms with Crippen LogP contribution in [0.1, 0.15) is 29.8 Å². The van der Waals surface area contributed by atoms with Crippen LogP contribution in [0.3, 0.4) is 0 Å². The van der Waals surface area contributed by atoms with Gasteiger partial charge in [-0.05, 0) is 26.0 Å². The van der Waals surface area contributed by atoms with Crippen molar-refractivity contribution in [2.24, 2.45) is 5.73 Å². The van der Waals surface area contributed by atoms with Gasteiger partial charge in [-0.3, -0.25) is 4.79 Å². The number of aromatic nitrogens is 2. The number of methoxy groups -OCH3 is 1.